The number of nitrogens with zero attached hydrogens (tertiary/aromatic N) is 2. The molecule has 2 atom stereocenters. The number of benzene rings is 1. The molecule has 1 saturated heterocycles. The minimum absolute atomic E-state index is 0.0619. The van der Waals surface area contributed by atoms with Crippen molar-refractivity contribution in [2.45, 2.75) is 38.3 Å². The monoisotopic (exact) mass is 271 g/mol. The second-order valence-electron chi connectivity index (χ2n) is 5.18. The van der Waals surface area contributed by atoms with Crippen LogP contribution < -0.4 is 5.32 Å². The van der Waals surface area contributed by atoms with E-state index in [1.54, 1.807) is 4.90 Å². The average Bonchev–Trinajstić information content (AvgIpc) is 2.97. The zero-order valence-electron chi connectivity index (χ0n) is 11.9. The second kappa shape index (κ2) is 7.06. The molecule has 1 aromatic carbocycles. The molecule has 0 radical (unpaired) electrons. The fourth-order valence-corrected chi connectivity index (χ4v) is 2.73. The summed E-state index contributed by atoms with van der Waals surface area (Å²) in [6.45, 7) is 2.86. The number of carbonyl (C=O) groups excluding carboxylic acids is 1. The van der Waals surface area contributed by atoms with Crippen molar-refractivity contribution in [2.24, 2.45) is 0 Å². The minimum Gasteiger partial charge on any atom is -0.328 e. The molecule has 0 spiro atoms. The van der Waals surface area contributed by atoms with Gasteiger partial charge in [-0.3, -0.25) is 10.1 Å². The molecule has 1 unspecified atom stereocenters. The molecule has 1 aromatic rings. The lowest BCUT2D eigenvalue weighted by Crippen LogP contribution is -2.44. The third-order valence-corrected chi connectivity index (χ3v) is 3.71. The summed E-state index contributed by atoms with van der Waals surface area (Å²) in [5.41, 5.74) is 1.23. The Bertz CT molecular complexity index is 480. The van der Waals surface area contributed by atoms with Crippen molar-refractivity contribution in [2.75, 3.05) is 13.1 Å². The van der Waals surface area contributed by atoms with Crippen molar-refractivity contribution in [1.29, 1.82) is 5.26 Å². The van der Waals surface area contributed by atoms with Gasteiger partial charge in [-0.1, -0.05) is 37.3 Å². The zero-order valence-corrected chi connectivity index (χ0v) is 11.9. The first-order chi connectivity index (χ1) is 9.76. The number of nitrogens with one attached hydrogen (secondary N) is 1. The number of nitriles is 1. The highest BCUT2D eigenvalue weighted by Gasteiger charge is 2.32. The molecule has 4 heteroatoms. The summed E-state index contributed by atoms with van der Waals surface area (Å²) in [7, 11) is 0. The van der Waals surface area contributed by atoms with E-state index in [0.29, 0.717) is 6.54 Å². The van der Waals surface area contributed by atoms with Crippen LogP contribution in [-0.4, -0.2) is 29.9 Å². The van der Waals surface area contributed by atoms with Gasteiger partial charge in [-0.2, -0.15) is 5.26 Å². The Kier molecular flexibility index (Phi) is 5.14. The van der Waals surface area contributed by atoms with E-state index in [0.717, 1.165) is 19.3 Å². The highest BCUT2D eigenvalue weighted by Crippen LogP contribution is 2.27. The number of amides is 1. The van der Waals surface area contributed by atoms with Crippen LogP contribution in [0, 0.1) is 11.3 Å². The number of rotatable bonds is 5. The highest BCUT2D eigenvalue weighted by atomic mass is 16.2. The summed E-state index contributed by atoms with van der Waals surface area (Å²) in [5.74, 6) is 0.0619. The van der Waals surface area contributed by atoms with E-state index in [1.807, 2.05) is 25.1 Å². The molecule has 0 saturated carbocycles. The fraction of sp³-hybridized carbons (Fsp3) is 0.500. The molecule has 1 amide bonds. The van der Waals surface area contributed by atoms with Gasteiger partial charge >= 0.3 is 0 Å². The molecular weight excluding hydrogens is 250 g/mol. The lowest BCUT2D eigenvalue weighted by atomic mass is 10.1. The van der Waals surface area contributed by atoms with Crippen molar-refractivity contribution in [3.8, 4) is 6.07 Å². The first kappa shape index (κ1) is 14.5. The Morgan fingerprint density at radius 2 is 2.15 bits per heavy atom. The summed E-state index contributed by atoms with van der Waals surface area (Å²) in [5, 5.41) is 12.2. The van der Waals surface area contributed by atoms with Crippen molar-refractivity contribution < 1.29 is 4.79 Å². The molecular formula is C16H21N3O. The van der Waals surface area contributed by atoms with E-state index < -0.39 is 0 Å². The largest absolute Gasteiger partial charge is 0.328 e. The summed E-state index contributed by atoms with van der Waals surface area (Å²) in [6.07, 6.45) is 2.68. The van der Waals surface area contributed by atoms with E-state index in [4.69, 9.17) is 5.26 Å². The Morgan fingerprint density at radius 3 is 2.80 bits per heavy atom. The molecule has 0 aromatic heterocycles. The Balaban J connectivity index is 1.98. The maximum Gasteiger partial charge on any atom is 0.240 e. The Morgan fingerprint density at radius 1 is 1.40 bits per heavy atom. The van der Waals surface area contributed by atoms with Crippen LogP contribution in [0.3, 0.4) is 0 Å². The van der Waals surface area contributed by atoms with Crippen LogP contribution in [0.5, 0.6) is 0 Å². The van der Waals surface area contributed by atoms with Crippen molar-refractivity contribution in [3.05, 3.63) is 35.9 Å². The number of hydrogen-bond acceptors (Lipinski definition) is 3. The summed E-state index contributed by atoms with van der Waals surface area (Å²) in [6, 6.07) is 12.4. The van der Waals surface area contributed by atoms with Crippen LogP contribution in [0.25, 0.3) is 0 Å². The first-order valence-electron chi connectivity index (χ1n) is 7.23. The van der Waals surface area contributed by atoms with Gasteiger partial charge in [0.15, 0.2) is 0 Å². The van der Waals surface area contributed by atoms with Gasteiger partial charge in [0, 0.05) is 12.6 Å². The second-order valence-corrected chi connectivity index (χ2v) is 5.18. The number of hydrogen-bond donors (Lipinski definition) is 1. The first-order valence-corrected chi connectivity index (χ1v) is 7.23. The summed E-state index contributed by atoms with van der Waals surface area (Å²) < 4.78 is 0. The summed E-state index contributed by atoms with van der Waals surface area (Å²) >= 11 is 0. The van der Waals surface area contributed by atoms with Crippen molar-refractivity contribution in [1.82, 2.24) is 10.2 Å². The van der Waals surface area contributed by atoms with Crippen LogP contribution >= 0.6 is 0 Å². The fourth-order valence-electron chi connectivity index (χ4n) is 2.73. The van der Waals surface area contributed by atoms with E-state index >= 15 is 0 Å². The summed E-state index contributed by atoms with van der Waals surface area (Å²) in [4.78, 5) is 14.1. The molecule has 1 heterocycles. The van der Waals surface area contributed by atoms with Gasteiger partial charge in [0.25, 0.3) is 0 Å². The van der Waals surface area contributed by atoms with Gasteiger partial charge < -0.3 is 4.90 Å². The van der Waals surface area contributed by atoms with Gasteiger partial charge in [0.1, 0.15) is 6.54 Å². The molecule has 2 rings (SSSR count). The molecule has 106 valence electrons. The lowest BCUT2D eigenvalue weighted by molar-refractivity contribution is -0.132. The Hall–Kier alpha value is -1.86. The molecule has 20 heavy (non-hydrogen) atoms. The maximum absolute atomic E-state index is 12.4. The molecule has 4 nitrogen and oxygen atoms in total. The number of carbonyl (C=O) groups is 1. The predicted molar refractivity (Wildman–Crippen MR) is 77.8 cm³/mol. The van der Waals surface area contributed by atoms with Crippen LogP contribution in [0.2, 0.25) is 0 Å². The van der Waals surface area contributed by atoms with Crippen LogP contribution in [-0.2, 0) is 4.79 Å². The molecule has 1 fully saturated rings. The smallest absolute Gasteiger partial charge is 0.240 e. The average molecular weight is 271 g/mol. The van der Waals surface area contributed by atoms with Gasteiger partial charge in [-0.25, -0.2) is 0 Å². The predicted octanol–water partition coefficient (Wildman–Crippen LogP) is 2.24. The van der Waals surface area contributed by atoms with Gasteiger partial charge in [0.05, 0.1) is 12.1 Å². The van der Waals surface area contributed by atoms with E-state index in [1.165, 1.54) is 5.56 Å². The van der Waals surface area contributed by atoms with E-state index in [9.17, 15) is 4.79 Å². The van der Waals surface area contributed by atoms with Crippen molar-refractivity contribution in [3.63, 3.8) is 0 Å². The van der Waals surface area contributed by atoms with Crippen LogP contribution in [0.1, 0.15) is 37.8 Å². The SMILES string of the molecule is CCCN(CC#N)C(=O)[C@@H]1CCC(c2ccccc2)N1. The third-order valence-electron chi connectivity index (χ3n) is 3.71. The van der Waals surface area contributed by atoms with Gasteiger partial charge in [-0.15, -0.1) is 0 Å². The van der Waals surface area contributed by atoms with Crippen molar-refractivity contribution >= 4 is 5.91 Å². The molecule has 1 aliphatic heterocycles. The quantitative estimate of drug-likeness (QED) is 0.836. The molecule has 1 N–H and O–H groups in total. The van der Waals surface area contributed by atoms with Gasteiger partial charge in [0.2, 0.25) is 5.91 Å². The third kappa shape index (κ3) is 3.37. The van der Waals surface area contributed by atoms with Gasteiger partial charge in [-0.05, 0) is 24.8 Å². The maximum atomic E-state index is 12.4. The normalized spacial score (nSPS) is 21.4. The highest BCUT2D eigenvalue weighted by molar-refractivity contribution is 5.82. The standard InChI is InChI=1S/C16H21N3O/c1-2-11-19(12-10-17)16(20)15-9-8-14(18-15)13-6-4-3-5-7-13/h3-7,14-15,18H,2,8-9,11-12H2,1H3/t14?,15-/m0/s1. The van der Waals surface area contributed by atoms with E-state index in [-0.39, 0.29) is 24.5 Å². The molecule has 0 aliphatic carbocycles. The Labute approximate surface area is 120 Å². The minimum atomic E-state index is -0.153. The topological polar surface area (TPSA) is 56.1 Å². The van der Waals surface area contributed by atoms with Crippen LogP contribution in [0.15, 0.2) is 30.3 Å². The lowest BCUT2D eigenvalue weighted by Gasteiger charge is -2.23. The molecule has 0 bridgehead atoms. The zero-order chi connectivity index (χ0) is 14.4. The van der Waals surface area contributed by atoms with E-state index in [2.05, 4.69) is 23.5 Å². The van der Waals surface area contributed by atoms with Crippen LogP contribution in [0.4, 0.5) is 0 Å². The molecule has 1 aliphatic rings.